The van der Waals surface area contributed by atoms with Crippen molar-refractivity contribution >= 4 is 5.91 Å². The zero-order chi connectivity index (χ0) is 14.4. The highest BCUT2D eigenvalue weighted by atomic mass is 16.3. The molecule has 1 amide bonds. The van der Waals surface area contributed by atoms with Crippen LogP contribution in [0.1, 0.15) is 51.4 Å². The third-order valence-electron chi connectivity index (χ3n) is 5.39. The molecule has 0 heterocycles. The number of carbonyl (C=O) groups excluding carboxylic acids is 1. The van der Waals surface area contributed by atoms with Gasteiger partial charge in [-0.05, 0) is 62.8 Å². The second-order valence-corrected chi connectivity index (χ2v) is 6.69. The Labute approximate surface area is 122 Å². The molecule has 0 bridgehead atoms. The molecule has 0 radical (unpaired) electrons. The first kappa shape index (κ1) is 15.8. The molecule has 4 N–H and O–H groups in total. The highest BCUT2D eigenvalue weighted by molar-refractivity contribution is 5.78. The summed E-state index contributed by atoms with van der Waals surface area (Å²) in [5.41, 5.74) is 5.69. The Balaban J connectivity index is 1.72. The fraction of sp³-hybridized carbons (Fsp3) is 0.938. The van der Waals surface area contributed by atoms with Gasteiger partial charge >= 0.3 is 0 Å². The SMILES string of the molecule is NCC1CCC(C(=O)NCC2CCCCC2CO)CC1. The zero-order valence-corrected chi connectivity index (χ0v) is 12.5. The van der Waals surface area contributed by atoms with Crippen LogP contribution in [-0.4, -0.2) is 30.7 Å². The molecule has 0 saturated heterocycles. The minimum Gasteiger partial charge on any atom is -0.396 e. The van der Waals surface area contributed by atoms with E-state index in [0.29, 0.717) is 17.8 Å². The first-order chi connectivity index (χ1) is 9.74. The van der Waals surface area contributed by atoms with Crippen molar-refractivity contribution in [2.45, 2.75) is 51.4 Å². The Hall–Kier alpha value is -0.610. The normalized spacial score (nSPS) is 34.7. The quantitative estimate of drug-likeness (QED) is 0.718. The largest absolute Gasteiger partial charge is 0.396 e. The summed E-state index contributed by atoms with van der Waals surface area (Å²) in [7, 11) is 0. The lowest BCUT2D eigenvalue weighted by Crippen LogP contribution is -2.39. The number of aliphatic hydroxyl groups excluding tert-OH is 1. The van der Waals surface area contributed by atoms with Gasteiger partial charge in [-0.25, -0.2) is 0 Å². The first-order valence-electron chi connectivity index (χ1n) is 8.33. The molecule has 0 spiro atoms. The summed E-state index contributed by atoms with van der Waals surface area (Å²) in [5.74, 6) is 1.89. The van der Waals surface area contributed by atoms with Crippen molar-refractivity contribution in [2.75, 3.05) is 19.7 Å². The van der Waals surface area contributed by atoms with E-state index in [2.05, 4.69) is 5.32 Å². The Kier molecular flexibility index (Phi) is 6.30. The average Bonchev–Trinajstić information content (AvgIpc) is 2.53. The van der Waals surface area contributed by atoms with Crippen molar-refractivity contribution in [3.63, 3.8) is 0 Å². The standard InChI is InChI=1S/C16H30N2O2/c17-9-12-5-7-13(8-6-12)16(20)18-10-14-3-1-2-4-15(14)11-19/h12-15,19H,1-11,17H2,(H,18,20). The highest BCUT2D eigenvalue weighted by Gasteiger charge is 2.28. The van der Waals surface area contributed by atoms with Crippen LogP contribution in [0.4, 0.5) is 0 Å². The van der Waals surface area contributed by atoms with Gasteiger partial charge in [0.05, 0.1) is 0 Å². The maximum absolute atomic E-state index is 12.2. The second-order valence-electron chi connectivity index (χ2n) is 6.69. The predicted molar refractivity (Wildman–Crippen MR) is 80.0 cm³/mol. The van der Waals surface area contributed by atoms with Crippen LogP contribution in [0.2, 0.25) is 0 Å². The third-order valence-corrected chi connectivity index (χ3v) is 5.39. The van der Waals surface area contributed by atoms with Gasteiger partial charge in [0.2, 0.25) is 5.91 Å². The predicted octanol–water partition coefficient (Wildman–Crippen LogP) is 1.67. The number of carbonyl (C=O) groups is 1. The molecule has 2 rings (SSSR count). The van der Waals surface area contributed by atoms with Crippen molar-refractivity contribution < 1.29 is 9.90 Å². The summed E-state index contributed by atoms with van der Waals surface area (Å²) in [5, 5.41) is 12.5. The van der Waals surface area contributed by atoms with Gasteiger partial charge in [0.1, 0.15) is 0 Å². The lowest BCUT2D eigenvalue weighted by atomic mass is 9.79. The molecule has 2 fully saturated rings. The molecule has 4 nitrogen and oxygen atoms in total. The summed E-state index contributed by atoms with van der Waals surface area (Å²) in [4.78, 5) is 12.2. The number of rotatable bonds is 5. The van der Waals surface area contributed by atoms with E-state index in [1.165, 1.54) is 12.8 Å². The maximum atomic E-state index is 12.2. The topological polar surface area (TPSA) is 75.4 Å². The van der Waals surface area contributed by atoms with Crippen LogP contribution in [0.5, 0.6) is 0 Å². The van der Waals surface area contributed by atoms with E-state index in [1.54, 1.807) is 0 Å². The number of aliphatic hydroxyl groups is 1. The fourth-order valence-electron chi connectivity index (χ4n) is 3.83. The number of amides is 1. The summed E-state index contributed by atoms with van der Waals surface area (Å²) in [6, 6.07) is 0. The number of nitrogens with one attached hydrogen (secondary N) is 1. The molecule has 2 aliphatic rings. The number of nitrogens with two attached hydrogens (primary N) is 1. The molecular weight excluding hydrogens is 252 g/mol. The molecule has 2 aliphatic carbocycles. The van der Waals surface area contributed by atoms with Crippen LogP contribution in [0.3, 0.4) is 0 Å². The fourth-order valence-corrected chi connectivity index (χ4v) is 3.83. The summed E-state index contributed by atoms with van der Waals surface area (Å²) < 4.78 is 0. The van der Waals surface area contributed by atoms with E-state index in [0.717, 1.165) is 51.6 Å². The third kappa shape index (κ3) is 4.19. The molecule has 4 heteroatoms. The Bertz CT molecular complexity index is 301. The van der Waals surface area contributed by atoms with Crippen molar-refractivity contribution in [2.24, 2.45) is 29.4 Å². The van der Waals surface area contributed by atoms with Crippen LogP contribution < -0.4 is 11.1 Å². The van der Waals surface area contributed by atoms with E-state index >= 15 is 0 Å². The molecule has 0 aromatic carbocycles. The lowest BCUT2D eigenvalue weighted by Gasteiger charge is -2.31. The van der Waals surface area contributed by atoms with Gasteiger partial charge in [-0.15, -0.1) is 0 Å². The van der Waals surface area contributed by atoms with Gasteiger partial charge in [-0.1, -0.05) is 12.8 Å². The Morgan fingerprint density at radius 1 is 1.05 bits per heavy atom. The molecule has 0 aliphatic heterocycles. The van der Waals surface area contributed by atoms with Crippen molar-refractivity contribution in [3.8, 4) is 0 Å². The van der Waals surface area contributed by atoms with E-state index in [-0.39, 0.29) is 18.4 Å². The van der Waals surface area contributed by atoms with Gasteiger partial charge in [0.15, 0.2) is 0 Å². The zero-order valence-electron chi connectivity index (χ0n) is 12.5. The Morgan fingerprint density at radius 2 is 1.70 bits per heavy atom. The average molecular weight is 282 g/mol. The summed E-state index contributed by atoms with van der Waals surface area (Å²) in [6.45, 7) is 1.78. The van der Waals surface area contributed by atoms with Crippen molar-refractivity contribution in [3.05, 3.63) is 0 Å². The monoisotopic (exact) mass is 282 g/mol. The minimum absolute atomic E-state index is 0.189. The smallest absolute Gasteiger partial charge is 0.223 e. The summed E-state index contributed by atoms with van der Waals surface area (Å²) >= 11 is 0. The molecule has 2 unspecified atom stereocenters. The number of hydrogen-bond donors (Lipinski definition) is 3. The van der Waals surface area contributed by atoms with Gasteiger partial charge < -0.3 is 16.2 Å². The van der Waals surface area contributed by atoms with Crippen LogP contribution in [0.25, 0.3) is 0 Å². The van der Waals surface area contributed by atoms with Crippen molar-refractivity contribution in [1.82, 2.24) is 5.32 Å². The molecule has 20 heavy (non-hydrogen) atoms. The van der Waals surface area contributed by atoms with E-state index < -0.39 is 0 Å². The molecule has 2 saturated carbocycles. The van der Waals surface area contributed by atoms with Crippen LogP contribution in [-0.2, 0) is 4.79 Å². The highest BCUT2D eigenvalue weighted by Crippen LogP contribution is 2.30. The first-order valence-corrected chi connectivity index (χ1v) is 8.33. The van der Waals surface area contributed by atoms with E-state index in [1.807, 2.05) is 0 Å². The molecule has 0 aromatic heterocycles. The molecule has 2 atom stereocenters. The maximum Gasteiger partial charge on any atom is 0.223 e. The van der Waals surface area contributed by atoms with E-state index in [4.69, 9.17) is 5.73 Å². The second kappa shape index (κ2) is 7.99. The minimum atomic E-state index is 0.189. The Morgan fingerprint density at radius 3 is 2.30 bits per heavy atom. The molecule has 116 valence electrons. The lowest BCUT2D eigenvalue weighted by molar-refractivity contribution is -0.126. The van der Waals surface area contributed by atoms with Gasteiger partial charge in [0, 0.05) is 19.1 Å². The molecular formula is C16H30N2O2. The van der Waals surface area contributed by atoms with Crippen LogP contribution in [0, 0.1) is 23.7 Å². The van der Waals surface area contributed by atoms with Gasteiger partial charge in [-0.2, -0.15) is 0 Å². The van der Waals surface area contributed by atoms with Crippen LogP contribution >= 0.6 is 0 Å². The van der Waals surface area contributed by atoms with Gasteiger partial charge in [0.25, 0.3) is 0 Å². The summed E-state index contributed by atoms with van der Waals surface area (Å²) in [6.07, 6.45) is 8.87. The van der Waals surface area contributed by atoms with E-state index in [9.17, 15) is 9.90 Å². The molecule has 0 aromatic rings. The van der Waals surface area contributed by atoms with Gasteiger partial charge in [-0.3, -0.25) is 4.79 Å². The van der Waals surface area contributed by atoms with Crippen molar-refractivity contribution in [1.29, 1.82) is 0 Å². The van der Waals surface area contributed by atoms with Crippen LogP contribution in [0.15, 0.2) is 0 Å². The number of hydrogen-bond acceptors (Lipinski definition) is 3.